The van der Waals surface area contributed by atoms with E-state index in [0.717, 1.165) is 5.56 Å². The van der Waals surface area contributed by atoms with Gasteiger partial charge in [0.05, 0.1) is 0 Å². The van der Waals surface area contributed by atoms with E-state index in [0.29, 0.717) is 17.2 Å². The fourth-order valence-electron chi connectivity index (χ4n) is 2.19. The predicted molar refractivity (Wildman–Crippen MR) is 82.4 cm³/mol. The third kappa shape index (κ3) is 3.70. The fraction of sp³-hybridized carbons (Fsp3) is 0.278. The van der Waals surface area contributed by atoms with Crippen LogP contribution >= 0.6 is 0 Å². The summed E-state index contributed by atoms with van der Waals surface area (Å²) >= 11 is 0. The molecule has 0 fully saturated rings. The van der Waals surface area contributed by atoms with Crippen molar-refractivity contribution in [2.45, 2.75) is 26.7 Å². The lowest BCUT2D eigenvalue weighted by atomic mass is 10.0. The number of hydrogen-bond donors (Lipinski definition) is 0. The van der Waals surface area contributed by atoms with Crippen LogP contribution in [0.25, 0.3) is 6.08 Å². The number of esters is 1. The molecule has 1 aliphatic carbocycles. The minimum atomic E-state index is -0.389. The third-order valence-electron chi connectivity index (χ3n) is 3.49. The highest BCUT2D eigenvalue weighted by molar-refractivity contribution is 5.88. The molecule has 0 spiro atoms. The van der Waals surface area contributed by atoms with Gasteiger partial charge in [-0.3, -0.25) is 0 Å². The van der Waals surface area contributed by atoms with Crippen molar-refractivity contribution < 1.29 is 9.53 Å². The van der Waals surface area contributed by atoms with Gasteiger partial charge in [0.15, 0.2) is 0 Å². The summed E-state index contributed by atoms with van der Waals surface area (Å²) in [7, 11) is 0. The Labute approximate surface area is 120 Å². The number of rotatable bonds is 4. The Morgan fingerprint density at radius 3 is 2.60 bits per heavy atom. The summed E-state index contributed by atoms with van der Waals surface area (Å²) in [5.41, 5.74) is 2.96. The summed E-state index contributed by atoms with van der Waals surface area (Å²) in [5, 5.41) is 0. The second-order valence-corrected chi connectivity index (χ2v) is 5.23. The molecule has 0 radical (unpaired) electrons. The first kappa shape index (κ1) is 14.3. The van der Waals surface area contributed by atoms with Crippen LogP contribution in [-0.4, -0.2) is 5.97 Å². The smallest absolute Gasteiger partial charge is 0.338 e. The van der Waals surface area contributed by atoms with Gasteiger partial charge >= 0.3 is 5.97 Å². The minimum Gasteiger partial charge on any atom is -0.423 e. The Hall–Kier alpha value is -2.09. The molecule has 0 heterocycles. The lowest BCUT2D eigenvalue weighted by molar-refractivity contribution is -0.130. The summed E-state index contributed by atoms with van der Waals surface area (Å²) in [4.78, 5) is 11.4. The van der Waals surface area contributed by atoms with E-state index in [1.54, 1.807) is 19.1 Å². The average molecular weight is 268 g/mol. The van der Waals surface area contributed by atoms with Gasteiger partial charge in [-0.25, -0.2) is 4.79 Å². The molecule has 2 heteroatoms. The van der Waals surface area contributed by atoms with E-state index >= 15 is 0 Å². The topological polar surface area (TPSA) is 26.3 Å². The van der Waals surface area contributed by atoms with Crippen LogP contribution in [0.3, 0.4) is 0 Å². The van der Waals surface area contributed by atoms with Gasteiger partial charge < -0.3 is 4.74 Å². The Bertz CT molecular complexity index is 562. The van der Waals surface area contributed by atoms with Crippen LogP contribution in [0.2, 0.25) is 0 Å². The van der Waals surface area contributed by atoms with E-state index in [1.165, 1.54) is 18.4 Å². The quantitative estimate of drug-likeness (QED) is 0.347. The van der Waals surface area contributed by atoms with Crippen LogP contribution in [0.15, 0.2) is 54.1 Å². The van der Waals surface area contributed by atoms with Crippen LogP contribution in [0.5, 0.6) is 5.75 Å². The van der Waals surface area contributed by atoms with Crippen molar-refractivity contribution in [3.8, 4) is 5.75 Å². The van der Waals surface area contributed by atoms with Gasteiger partial charge in [-0.1, -0.05) is 42.5 Å². The SMILES string of the molecule is C=C(C)C(=O)Oc1ccc(C=CC2CCC=C2C)cc1. The molecule has 2 nitrogen and oxygen atoms in total. The highest BCUT2D eigenvalue weighted by Crippen LogP contribution is 2.27. The van der Waals surface area contributed by atoms with Crippen molar-refractivity contribution in [1.82, 2.24) is 0 Å². The fourth-order valence-corrected chi connectivity index (χ4v) is 2.19. The van der Waals surface area contributed by atoms with Gasteiger partial charge in [0.25, 0.3) is 0 Å². The minimum absolute atomic E-state index is 0.389. The molecular weight excluding hydrogens is 248 g/mol. The van der Waals surface area contributed by atoms with Crippen molar-refractivity contribution in [1.29, 1.82) is 0 Å². The van der Waals surface area contributed by atoms with Gasteiger partial charge in [-0.2, -0.15) is 0 Å². The molecule has 0 amide bonds. The van der Waals surface area contributed by atoms with Crippen molar-refractivity contribution in [2.75, 3.05) is 0 Å². The van der Waals surface area contributed by atoms with Crippen LogP contribution in [0.4, 0.5) is 0 Å². The number of carbonyl (C=O) groups is 1. The number of allylic oxidation sites excluding steroid dienone is 3. The number of benzene rings is 1. The zero-order chi connectivity index (χ0) is 14.5. The maximum Gasteiger partial charge on any atom is 0.338 e. The van der Waals surface area contributed by atoms with E-state index < -0.39 is 0 Å². The van der Waals surface area contributed by atoms with Gasteiger partial charge in [0.2, 0.25) is 0 Å². The van der Waals surface area contributed by atoms with Crippen molar-refractivity contribution >= 4 is 12.0 Å². The summed E-state index contributed by atoms with van der Waals surface area (Å²) in [6, 6.07) is 7.51. The highest BCUT2D eigenvalue weighted by atomic mass is 16.5. The standard InChI is InChI=1S/C18H20O2/c1-13(2)18(19)20-17-11-8-15(9-12-17)7-10-16-6-4-5-14(16)3/h5,7-12,16H,1,4,6H2,2-3H3. The second kappa shape index (κ2) is 6.38. The summed E-state index contributed by atoms with van der Waals surface area (Å²) in [5.74, 6) is 0.725. The van der Waals surface area contributed by atoms with E-state index in [-0.39, 0.29) is 5.97 Å². The first-order chi connectivity index (χ1) is 9.56. The molecule has 0 bridgehead atoms. The lowest BCUT2D eigenvalue weighted by Crippen LogP contribution is -2.07. The molecule has 1 unspecified atom stereocenters. The van der Waals surface area contributed by atoms with E-state index in [2.05, 4.69) is 31.7 Å². The average Bonchev–Trinajstić information content (AvgIpc) is 2.83. The molecule has 1 aliphatic rings. The third-order valence-corrected chi connectivity index (χ3v) is 3.49. The zero-order valence-electron chi connectivity index (χ0n) is 12.1. The molecule has 1 aromatic carbocycles. The molecule has 20 heavy (non-hydrogen) atoms. The maximum absolute atomic E-state index is 11.4. The molecule has 2 rings (SSSR count). The van der Waals surface area contributed by atoms with Gasteiger partial charge in [-0.05, 0) is 50.3 Å². The molecule has 0 saturated heterocycles. The van der Waals surface area contributed by atoms with E-state index in [9.17, 15) is 4.79 Å². The highest BCUT2D eigenvalue weighted by Gasteiger charge is 2.11. The number of carbonyl (C=O) groups excluding carboxylic acids is 1. The predicted octanol–water partition coefficient (Wildman–Crippen LogP) is 4.54. The molecular formula is C18H20O2. The van der Waals surface area contributed by atoms with Gasteiger partial charge in [0, 0.05) is 5.57 Å². The number of ether oxygens (including phenoxy) is 1. The Morgan fingerprint density at radius 2 is 2.05 bits per heavy atom. The van der Waals surface area contributed by atoms with E-state index in [1.807, 2.05) is 12.1 Å². The van der Waals surface area contributed by atoms with Crippen LogP contribution in [0.1, 0.15) is 32.3 Å². The molecule has 104 valence electrons. The van der Waals surface area contributed by atoms with Crippen molar-refractivity contribution in [3.63, 3.8) is 0 Å². The van der Waals surface area contributed by atoms with Crippen LogP contribution < -0.4 is 4.74 Å². The monoisotopic (exact) mass is 268 g/mol. The maximum atomic E-state index is 11.4. The lowest BCUT2D eigenvalue weighted by Gasteiger charge is -2.06. The molecule has 0 N–H and O–H groups in total. The zero-order valence-corrected chi connectivity index (χ0v) is 12.1. The van der Waals surface area contributed by atoms with Gasteiger partial charge in [0.1, 0.15) is 5.75 Å². The van der Waals surface area contributed by atoms with Crippen LogP contribution in [0, 0.1) is 5.92 Å². The second-order valence-electron chi connectivity index (χ2n) is 5.23. The molecule has 0 saturated carbocycles. The summed E-state index contributed by atoms with van der Waals surface area (Å²) in [6.45, 7) is 7.38. The Balaban J connectivity index is 1.98. The first-order valence-corrected chi connectivity index (χ1v) is 6.89. The molecule has 0 aromatic heterocycles. The summed E-state index contributed by atoms with van der Waals surface area (Å²) < 4.78 is 5.15. The normalized spacial score (nSPS) is 18.1. The Morgan fingerprint density at radius 1 is 1.35 bits per heavy atom. The van der Waals surface area contributed by atoms with Crippen molar-refractivity contribution in [2.24, 2.45) is 5.92 Å². The molecule has 0 aliphatic heterocycles. The van der Waals surface area contributed by atoms with Crippen molar-refractivity contribution in [3.05, 3.63) is 59.7 Å². The molecule has 1 atom stereocenters. The Kier molecular flexibility index (Phi) is 4.57. The number of hydrogen-bond acceptors (Lipinski definition) is 2. The molecule has 1 aromatic rings. The van der Waals surface area contributed by atoms with Gasteiger partial charge in [-0.15, -0.1) is 0 Å². The van der Waals surface area contributed by atoms with Crippen LogP contribution in [-0.2, 0) is 4.79 Å². The van der Waals surface area contributed by atoms with E-state index in [4.69, 9.17) is 4.74 Å². The summed E-state index contributed by atoms with van der Waals surface area (Å²) in [6.07, 6.45) is 9.05. The largest absolute Gasteiger partial charge is 0.423 e. The first-order valence-electron chi connectivity index (χ1n) is 6.89.